The highest BCUT2D eigenvalue weighted by molar-refractivity contribution is 6.26. The van der Waals surface area contributed by atoms with E-state index in [-0.39, 0.29) is 46.2 Å². The molecular weight excluding hydrogens is 484 g/mol. The summed E-state index contributed by atoms with van der Waals surface area (Å²) >= 11 is 0. The fourth-order valence-electron chi connectivity index (χ4n) is 4.07. The molecule has 0 fully saturated rings. The summed E-state index contributed by atoms with van der Waals surface area (Å²) in [5.74, 6) is -2.44. The second-order valence-corrected chi connectivity index (χ2v) is 8.15. The SMILES string of the molecule is CCOC(=O)c1ccc(C(=O)Nc2ccccc2)c2c(C(=O)OCC)ccc(C(=O)Nc3ccccc3)c12. The third-order valence-corrected chi connectivity index (χ3v) is 5.70. The number of rotatable bonds is 8. The van der Waals surface area contributed by atoms with Crippen LogP contribution in [0.15, 0.2) is 84.9 Å². The fraction of sp³-hybridized carbons (Fsp3) is 0.133. The van der Waals surface area contributed by atoms with Gasteiger partial charge in [0, 0.05) is 33.3 Å². The van der Waals surface area contributed by atoms with E-state index in [1.54, 1.807) is 62.4 Å². The van der Waals surface area contributed by atoms with Gasteiger partial charge in [0.15, 0.2) is 0 Å². The van der Waals surface area contributed by atoms with Gasteiger partial charge in [-0.2, -0.15) is 0 Å². The number of fused-ring (bicyclic) bond motifs is 1. The molecule has 4 rings (SSSR count). The number of hydrogen-bond donors (Lipinski definition) is 2. The number of anilines is 2. The van der Waals surface area contributed by atoms with Crippen LogP contribution in [0.4, 0.5) is 11.4 Å². The molecule has 2 amide bonds. The van der Waals surface area contributed by atoms with E-state index in [1.165, 1.54) is 24.3 Å². The zero-order valence-electron chi connectivity index (χ0n) is 20.9. The highest BCUT2D eigenvalue weighted by Gasteiger charge is 2.27. The lowest BCUT2D eigenvalue weighted by atomic mass is 9.90. The molecule has 4 aromatic rings. The Bertz CT molecular complexity index is 1390. The van der Waals surface area contributed by atoms with Gasteiger partial charge in [0.2, 0.25) is 0 Å². The molecule has 8 heteroatoms. The fourth-order valence-corrected chi connectivity index (χ4v) is 4.07. The van der Waals surface area contributed by atoms with Gasteiger partial charge >= 0.3 is 11.9 Å². The van der Waals surface area contributed by atoms with Crippen molar-refractivity contribution < 1.29 is 28.7 Å². The minimum Gasteiger partial charge on any atom is -0.462 e. The standard InChI is InChI=1S/C30H26N2O6/c1-3-37-29(35)23-17-15-22(28(34)32-20-13-9-6-10-14-20)26-24(30(36)38-4-2)18-16-21(25(23)26)27(33)31-19-11-7-5-8-12-19/h5-18H,3-4H2,1-2H3,(H,31,33)(H,32,34). The Balaban J connectivity index is 1.97. The summed E-state index contributed by atoms with van der Waals surface area (Å²) in [5, 5.41) is 5.83. The van der Waals surface area contributed by atoms with E-state index >= 15 is 0 Å². The molecule has 0 saturated heterocycles. The molecule has 8 nitrogen and oxygen atoms in total. The largest absolute Gasteiger partial charge is 0.462 e. The van der Waals surface area contributed by atoms with Crippen LogP contribution in [-0.4, -0.2) is 37.0 Å². The number of esters is 2. The average Bonchev–Trinajstić information content (AvgIpc) is 2.93. The first kappa shape index (κ1) is 26.1. The number of ether oxygens (including phenoxy) is 2. The lowest BCUT2D eigenvalue weighted by Crippen LogP contribution is -2.19. The van der Waals surface area contributed by atoms with E-state index < -0.39 is 23.8 Å². The maximum absolute atomic E-state index is 13.5. The topological polar surface area (TPSA) is 111 Å². The van der Waals surface area contributed by atoms with Crippen molar-refractivity contribution in [1.82, 2.24) is 0 Å². The molecule has 0 aromatic heterocycles. The Morgan fingerprint density at radius 2 is 0.868 bits per heavy atom. The minimum absolute atomic E-state index is 0.0440. The molecule has 4 aromatic carbocycles. The number of carbonyl (C=O) groups is 4. The molecule has 0 bridgehead atoms. The number of benzene rings is 4. The number of amides is 2. The van der Waals surface area contributed by atoms with Crippen molar-refractivity contribution in [2.45, 2.75) is 13.8 Å². The van der Waals surface area contributed by atoms with Crippen molar-refractivity contribution in [3.63, 3.8) is 0 Å². The zero-order chi connectivity index (χ0) is 27.1. The summed E-state index contributed by atoms with van der Waals surface area (Å²) in [5.41, 5.74) is 1.35. The first-order valence-corrected chi connectivity index (χ1v) is 12.1. The monoisotopic (exact) mass is 510 g/mol. The molecular formula is C30H26N2O6. The molecule has 0 radical (unpaired) electrons. The van der Waals surface area contributed by atoms with Gasteiger partial charge in [-0.1, -0.05) is 36.4 Å². The highest BCUT2D eigenvalue weighted by Crippen LogP contribution is 2.32. The van der Waals surface area contributed by atoms with Gasteiger partial charge in [0.25, 0.3) is 11.8 Å². The van der Waals surface area contributed by atoms with Crippen molar-refractivity contribution in [2.24, 2.45) is 0 Å². The molecule has 0 saturated carbocycles. The molecule has 38 heavy (non-hydrogen) atoms. The summed E-state index contributed by atoms with van der Waals surface area (Å²) in [6, 6.07) is 23.3. The summed E-state index contributed by atoms with van der Waals surface area (Å²) in [4.78, 5) is 52.9. The number of nitrogens with one attached hydrogen (secondary N) is 2. The van der Waals surface area contributed by atoms with Crippen LogP contribution in [0.2, 0.25) is 0 Å². The number of hydrogen-bond acceptors (Lipinski definition) is 6. The van der Waals surface area contributed by atoms with Crippen molar-refractivity contribution in [2.75, 3.05) is 23.8 Å². The van der Waals surface area contributed by atoms with Gasteiger partial charge in [-0.05, 0) is 62.4 Å². The van der Waals surface area contributed by atoms with Gasteiger partial charge in [0.1, 0.15) is 0 Å². The van der Waals surface area contributed by atoms with Crippen LogP contribution in [0.3, 0.4) is 0 Å². The summed E-state index contributed by atoms with van der Waals surface area (Å²) in [6.45, 7) is 3.52. The number of para-hydroxylation sites is 2. The Labute approximate surface area is 219 Å². The van der Waals surface area contributed by atoms with Crippen LogP contribution in [-0.2, 0) is 9.47 Å². The van der Waals surface area contributed by atoms with Gasteiger partial charge in [-0.25, -0.2) is 9.59 Å². The molecule has 0 aliphatic carbocycles. The third-order valence-electron chi connectivity index (χ3n) is 5.70. The molecule has 0 aliphatic heterocycles. The quantitative estimate of drug-likeness (QED) is 0.294. The maximum atomic E-state index is 13.5. The Kier molecular flexibility index (Phi) is 8.13. The molecule has 192 valence electrons. The second-order valence-electron chi connectivity index (χ2n) is 8.15. The zero-order valence-corrected chi connectivity index (χ0v) is 20.9. The van der Waals surface area contributed by atoms with Crippen LogP contribution in [0.1, 0.15) is 55.3 Å². The van der Waals surface area contributed by atoms with E-state index in [0.29, 0.717) is 11.4 Å². The molecule has 2 N–H and O–H groups in total. The van der Waals surface area contributed by atoms with Crippen molar-refractivity contribution in [1.29, 1.82) is 0 Å². The Morgan fingerprint density at radius 3 is 1.21 bits per heavy atom. The van der Waals surface area contributed by atoms with Crippen molar-refractivity contribution in [3.05, 3.63) is 107 Å². The van der Waals surface area contributed by atoms with E-state index in [0.717, 1.165) is 0 Å². The van der Waals surface area contributed by atoms with E-state index in [9.17, 15) is 19.2 Å². The normalized spacial score (nSPS) is 10.5. The summed E-state index contributed by atoms with van der Waals surface area (Å²) in [6.07, 6.45) is 0. The van der Waals surface area contributed by atoms with Crippen molar-refractivity contribution >= 4 is 45.9 Å². The lowest BCUT2D eigenvalue weighted by molar-refractivity contribution is 0.0517. The smallest absolute Gasteiger partial charge is 0.338 e. The maximum Gasteiger partial charge on any atom is 0.338 e. The minimum atomic E-state index is -0.692. The first-order chi connectivity index (χ1) is 18.4. The molecule has 0 atom stereocenters. The highest BCUT2D eigenvalue weighted by atomic mass is 16.5. The van der Waals surface area contributed by atoms with Gasteiger partial charge in [0.05, 0.1) is 24.3 Å². The van der Waals surface area contributed by atoms with Crippen LogP contribution in [0.25, 0.3) is 10.8 Å². The first-order valence-electron chi connectivity index (χ1n) is 12.1. The molecule has 0 unspecified atom stereocenters. The van der Waals surface area contributed by atoms with E-state index in [1.807, 2.05) is 12.1 Å². The van der Waals surface area contributed by atoms with Crippen LogP contribution < -0.4 is 10.6 Å². The van der Waals surface area contributed by atoms with Crippen LogP contribution >= 0.6 is 0 Å². The Hall–Kier alpha value is -4.98. The van der Waals surface area contributed by atoms with Crippen LogP contribution in [0, 0.1) is 0 Å². The summed E-state index contributed by atoms with van der Waals surface area (Å²) in [7, 11) is 0. The third kappa shape index (κ3) is 5.54. The number of carbonyl (C=O) groups excluding carboxylic acids is 4. The Morgan fingerprint density at radius 1 is 0.526 bits per heavy atom. The second kappa shape index (κ2) is 11.8. The van der Waals surface area contributed by atoms with Crippen molar-refractivity contribution in [3.8, 4) is 0 Å². The summed E-state index contributed by atoms with van der Waals surface area (Å²) < 4.78 is 10.5. The van der Waals surface area contributed by atoms with E-state index in [4.69, 9.17) is 9.47 Å². The van der Waals surface area contributed by atoms with Crippen LogP contribution in [0.5, 0.6) is 0 Å². The molecule has 0 aliphatic rings. The predicted molar refractivity (Wildman–Crippen MR) is 145 cm³/mol. The van der Waals surface area contributed by atoms with E-state index in [2.05, 4.69) is 10.6 Å². The molecule has 0 heterocycles. The van der Waals surface area contributed by atoms with Gasteiger partial charge in [-0.15, -0.1) is 0 Å². The average molecular weight is 511 g/mol. The van der Waals surface area contributed by atoms with Gasteiger partial charge in [-0.3, -0.25) is 9.59 Å². The van der Waals surface area contributed by atoms with Gasteiger partial charge < -0.3 is 20.1 Å². The lowest BCUT2D eigenvalue weighted by Gasteiger charge is -2.17. The predicted octanol–water partition coefficient (Wildman–Crippen LogP) is 5.70. The molecule has 0 spiro atoms.